The first-order chi connectivity index (χ1) is 9.56. The molecule has 1 saturated heterocycles. The fraction of sp³-hybridized carbons (Fsp3) is 0.429. The molecule has 1 fully saturated rings. The van der Waals surface area contributed by atoms with E-state index in [2.05, 4.69) is 0 Å². The molecule has 0 radical (unpaired) electrons. The van der Waals surface area contributed by atoms with E-state index in [0.29, 0.717) is 23.6 Å². The highest BCUT2D eigenvalue weighted by molar-refractivity contribution is 5.97. The van der Waals surface area contributed by atoms with Crippen molar-refractivity contribution in [2.45, 2.75) is 12.8 Å². The van der Waals surface area contributed by atoms with Gasteiger partial charge in [0.1, 0.15) is 11.5 Å². The first-order valence-electron chi connectivity index (χ1n) is 6.32. The lowest BCUT2D eigenvalue weighted by Gasteiger charge is -2.31. The molecule has 108 valence electrons. The van der Waals surface area contributed by atoms with Crippen molar-refractivity contribution >= 4 is 17.6 Å². The number of rotatable bonds is 4. The number of anilines is 1. The van der Waals surface area contributed by atoms with E-state index in [0.717, 1.165) is 0 Å². The van der Waals surface area contributed by atoms with Gasteiger partial charge in [0.15, 0.2) is 0 Å². The van der Waals surface area contributed by atoms with Crippen LogP contribution in [0, 0.1) is 5.92 Å². The third-order valence-electron chi connectivity index (χ3n) is 3.44. The van der Waals surface area contributed by atoms with Crippen LogP contribution >= 0.6 is 0 Å². The Balaban J connectivity index is 2.33. The topological polar surface area (TPSA) is 76.1 Å². The molecule has 1 aliphatic heterocycles. The zero-order chi connectivity index (χ0) is 14.7. The van der Waals surface area contributed by atoms with Crippen LogP contribution in [0.1, 0.15) is 12.8 Å². The second-order valence-corrected chi connectivity index (χ2v) is 4.62. The molecule has 1 aromatic carbocycles. The summed E-state index contributed by atoms with van der Waals surface area (Å²) in [5, 5.41) is 9.11. The molecule has 0 bridgehead atoms. The van der Waals surface area contributed by atoms with Crippen LogP contribution in [0.15, 0.2) is 18.2 Å². The molecule has 6 nitrogen and oxygen atoms in total. The van der Waals surface area contributed by atoms with Crippen molar-refractivity contribution in [3.05, 3.63) is 18.2 Å². The summed E-state index contributed by atoms with van der Waals surface area (Å²) in [5.41, 5.74) is 0.573. The number of hydrogen-bond acceptors (Lipinski definition) is 4. The molecule has 1 N–H and O–H groups in total. The van der Waals surface area contributed by atoms with Crippen molar-refractivity contribution in [2.24, 2.45) is 5.92 Å². The Labute approximate surface area is 116 Å². The molecule has 20 heavy (non-hydrogen) atoms. The molecule has 0 spiro atoms. The van der Waals surface area contributed by atoms with Gasteiger partial charge >= 0.3 is 5.97 Å². The maximum absolute atomic E-state index is 12.0. The zero-order valence-electron chi connectivity index (χ0n) is 11.5. The Bertz CT molecular complexity index is 528. The van der Waals surface area contributed by atoms with E-state index >= 15 is 0 Å². The lowest BCUT2D eigenvalue weighted by Crippen LogP contribution is -2.42. The van der Waals surface area contributed by atoms with Crippen LogP contribution in [0.4, 0.5) is 5.69 Å². The fourth-order valence-corrected chi connectivity index (χ4v) is 2.29. The Kier molecular flexibility index (Phi) is 4.12. The fourth-order valence-electron chi connectivity index (χ4n) is 2.29. The van der Waals surface area contributed by atoms with Crippen LogP contribution < -0.4 is 14.4 Å². The summed E-state index contributed by atoms with van der Waals surface area (Å²) in [5.74, 6) is -0.408. The first kappa shape index (κ1) is 14.2. The minimum absolute atomic E-state index is 0.0917. The van der Waals surface area contributed by atoms with Crippen molar-refractivity contribution in [1.82, 2.24) is 0 Å². The molecular formula is C14H17NO5. The number of carbonyl (C=O) groups excluding carboxylic acids is 1. The van der Waals surface area contributed by atoms with E-state index in [4.69, 9.17) is 14.6 Å². The molecule has 0 aromatic heterocycles. The number of carboxylic acids is 1. The van der Waals surface area contributed by atoms with Gasteiger partial charge in [0.2, 0.25) is 5.91 Å². The highest BCUT2D eigenvalue weighted by atomic mass is 16.5. The number of carbonyl (C=O) groups is 2. The van der Waals surface area contributed by atoms with Gasteiger partial charge in [-0.2, -0.15) is 0 Å². The third kappa shape index (κ3) is 2.68. The van der Waals surface area contributed by atoms with Crippen molar-refractivity contribution < 1.29 is 24.2 Å². The van der Waals surface area contributed by atoms with Crippen LogP contribution in [0.3, 0.4) is 0 Å². The molecular weight excluding hydrogens is 262 g/mol. The predicted molar refractivity (Wildman–Crippen MR) is 72.3 cm³/mol. The zero-order valence-corrected chi connectivity index (χ0v) is 11.5. The van der Waals surface area contributed by atoms with E-state index in [9.17, 15) is 9.59 Å². The monoisotopic (exact) mass is 279 g/mol. The molecule has 1 aromatic rings. The third-order valence-corrected chi connectivity index (χ3v) is 3.44. The van der Waals surface area contributed by atoms with Gasteiger partial charge < -0.3 is 19.5 Å². The average molecular weight is 279 g/mol. The van der Waals surface area contributed by atoms with Crippen LogP contribution in [0.25, 0.3) is 0 Å². The van der Waals surface area contributed by atoms with E-state index in [1.54, 1.807) is 25.3 Å². The van der Waals surface area contributed by atoms with E-state index in [1.165, 1.54) is 12.0 Å². The molecule has 0 aliphatic carbocycles. The minimum atomic E-state index is -0.880. The standard InChI is InChI=1S/C14H17NO5/c1-19-10-4-5-11(12(7-10)20-2)15-8-9(14(17)18)3-6-13(15)16/h4-5,7,9H,3,6,8H2,1-2H3,(H,17,18). The van der Waals surface area contributed by atoms with Crippen molar-refractivity contribution in [3.63, 3.8) is 0 Å². The average Bonchev–Trinajstić information content (AvgIpc) is 2.47. The SMILES string of the molecule is COc1ccc(N2CC(C(=O)O)CCC2=O)c(OC)c1. The highest BCUT2D eigenvalue weighted by Gasteiger charge is 2.32. The maximum Gasteiger partial charge on any atom is 0.308 e. The summed E-state index contributed by atoms with van der Waals surface area (Å²) in [6.45, 7) is 0.164. The van der Waals surface area contributed by atoms with Gasteiger partial charge in [0.25, 0.3) is 0 Å². The van der Waals surface area contributed by atoms with Crippen molar-refractivity contribution in [1.29, 1.82) is 0 Å². The van der Waals surface area contributed by atoms with Gasteiger partial charge in [-0.05, 0) is 18.6 Å². The van der Waals surface area contributed by atoms with Gasteiger partial charge in [-0.25, -0.2) is 0 Å². The Morgan fingerprint density at radius 1 is 1.35 bits per heavy atom. The molecule has 1 amide bonds. The second kappa shape index (κ2) is 5.81. The number of piperidine rings is 1. The summed E-state index contributed by atoms with van der Waals surface area (Å²) in [6, 6.07) is 5.10. The number of nitrogens with zero attached hydrogens (tertiary/aromatic N) is 1. The van der Waals surface area contributed by atoms with Gasteiger partial charge in [0.05, 0.1) is 25.8 Å². The van der Waals surface area contributed by atoms with Crippen molar-refractivity contribution in [3.8, 4) is 11.5 Å². The molecule has 2 rings (SSSR count). The molecule has 1 unspecified atom stereocenters. The smallest absolute Gasteiger partial charge is 0.308 e. The number of amides is 1. The van der Waals surface area contributed by atoms with Crippen LogP contribution in [-0.4, -0.2) is 37.7 Å². The summed E-state index contributed by atoms with van der Waals surface area (Å²) in [4.78, 5) is 24.6. The summed E-state index contributed by atoms with van der Waals surface area (Å²) in [7, 11) is 3.04. The quantitative estimate of drug-likeness (QED) is 0.904. The molecule has 1 aliphatic rings. The summed E-state index contributed by atoms with van der Waals surface area (Å²) >= 11 is 0. The Morgan fingerprint density at radius 2 is 2.10 bits per heavy atom. The van der Waals surface area contributed by atoms with Crippen LogP contribution in [0.5, 0.6) is 11.5 Å². The van der Waals surface area contributed by atoms with Crippen molar-refractivity contribution in [2.75, 3.05) is 25.7 Å². The number of benzene rings is 1. The number of carboxylic acid groups (broad SMARTS) is 1. The van der Waals surface area contributed by atoms with Crippen LogP contribution in [-0.2, 0) is 9.59 Å². The van der Waals surface area contributed by atoms with E-state index < -0.39 is 11.9 Å². The van der Waals surface area contributed by atoms with Gasteiger partial charge in [-0.15, -0.1) is 0 Å². The van der Waals surface area contributed by atoms with Crippen LogP contribution in [0.2, 0.25) is 0 Å². The summed E-state index contributed by atoms with van der Waals surface area (Å²) in [6.07, 6.45) is 0.606. The molecule has 0 saturated carbocycles. The van der Waals surface area contributed by atoms with Gasteiger partial charge in [0, 0.05) is 19.0 Å². The first-order valence-corrected chi connectivity index (χ1v) is 6.32. The second-order valence-electron chi connectivity index (χ2n) is 4.62. The van der Waals surface area contributed by atoms with Gasteiger partial charge in [-0.1, -0.05) is 0 Å². The van der Waals surface area contributed by atoms with Gasteiger partial charge in [-0.3, -0.25) is 9.59 Å². The number of aliphatic carboxylic acids is 1. The highest BCUT2D eigenvalue weighted by Crippen LogP contribution is 2.35. The van der Waals surface area contributed by atoms with E-state index in [-0.39, 0.29) is 18.9 Å². The number of methoxy groups -OCH3 is 2. The normalized spacial score (nSPS) is 18.8. The largest absolute Gasteiger partial charge is 0.497 e. The Morgan fingerprint density at radius 3 is 2.70 bits per heavy atom. The Hall–Kier alpha value is -2.24. The number of hydrogen-bond donors (Lipinski definition) is 1. The molecule has 6 heteroatoms. The lowest BCUT2D eigenvalue weighted by molar-refractivity contribution is -0.142. The predicted octanol–water partition coefficient (Wildman–Crippen LogP) is 1.53. The minimum Gasteiger partial charge on any atom is -0.497 e. The number of ether oxygens (including phenoxy) is 2. The summed E-state index contributed by atoms with van der Waals surface area (Å²) < 4.78 is 10.4. The van der Waals surface area contributed by atoms with E-state index in [1.807, 2.05) is 0 Å². The molecule has 1 atom stereocenters. The molecule has 1 heterocycles. The lowest BCUT2D eigenvalue weighted by atomic mass is 9.97. The maximum atomic E-state index is 12.0.